The Labute approximate surface area is 83.6 Å². The van der Waals surface area contributed by atoms with Crippen molar-refractivity contribution in [3.05, 3.63) is 12.2 Å². The monoisotopic (exact) mass is 200 g/mol. The van der Waals surface area contributed by atoms with E-state index in [1.807, 2.05) is 6.92 Å². The van der Waals surface area contributed by atoms with Gasteiger partial charge in [-0.05, 0) is 13.3 Å². The number of aliphatic carboxylic acids is 1. The largest absolute Gasteiger partial charge is 0.481 e. The van der Waals surface area contributed by atoms with Crippen LogP contribution in [0.25, 0.3) is 0 Å². The van der Waals surface area contributed by atoms with E-state index in [1.54, 1.807) is 12.2 Å². The first kappa shape index (κ1) is 12.7. The number of hydrogen-bond acceptors (Lipinski definition) is 3. The Morgan fingerprint density at radius 2 is 2.07 bits per heavy atom. The van der Waals surface area contributed by atoms with Gasteiger partial charge in [-0.3, -0.25) is 9.59 Å². The van der Waals surface area contributed by atoms with Crippen molar-refractivity contribution >= 4 is 11.9 Å². The van der Waals surface area contributed by atoms with Crippen LogP contribution in [-0.4, -0.2) is 24.2 Å². The van der Waals surface area contributed by atoms with Crippen molar-refractivity contribution < 1.29 is 19.4 Å². The average Bonchev–Trinajstić information content (AvgIpc) is 2.17. The zero-order chi connectivity index (χ0) is 11.1. The van der Waals surface area contributed by atoms with Crippen LogP contribution < -0.4 is 0 Å². The number of hydrogen-bond donors (Lipinski definition) is 1. The van der Waals surface area contributed by atoms with E-state index < -0.39 is 23.8 Å². The molecule has 0 aromatic heterocycles. The summed E-state index contributed by atoms with van der Waals surface area (Å²) in [5.41, 5.74) is 0. The van der Waals surface area contributed by atoms with Gasteiger partial charge in [-0.2, -0.15) is 0 Å². The Hall–Kier alpha value is -1.32. The first-order chi connectivity index (χ1) is 6.54. The van der Waals surface area contributed by atoms with Gasteiger partial charge in [-0.15, -0.1) is 0 Å². The summed E-state index contributed by atoms with van der Waals surface area (Å²) >= 11 is 0. The van der Waals surface area contributed by atoms with Crippen molar-refractivity contribution in [3.8, 4) is 0 Å². The lowest BCUT2D eigenvalue weighted by atomic mass is 9.91. The molecule has 0 aliphatic carbocycles. The normalized spacial score (nSPS) is 15.1. The van der Waals surface area contributed by atoms with Gasteiger partial charge in [-0.25, -0.2) is 0 Å². The number of ether oxygens (including phenoxy) is 1. The summed E-state index contributed by atoms with van der Waals surface area (Å²) in [5, 5.41) is 8.76. The summed E-state index contributed by atoms with van der Waals surface area (Å²) in [6, 6.07) is 0. The number of carboxylic acid groups (broad SMARTS) is 1. The molecule has 0 rings (SSSR count). The number of allylic oxidation sites excluding steroid dienone is 2. The molecule has 0 aromatic rings. The second-order valence-corrected chi connectivity index (χ2v) is 3.06. The molecule has 0 amide bonds. The van der Waals surface area contributed by atoms with Gasteiger partial charge in [0.15, 0.2) is 0 Å². The van der Waals surface area contributed by atoms with Crippen molar-refractivity contribution in [3.63, 3.8) is 0 Å². The van der Waals surface area contributed by atoms with Crippen molar-refractivity contribution in [1.82, 2.24) is 0 Å². The van der Waals surface area contributed by atoms with E-state index in [4.69, 9.17) is 5.11 Å². The number of carbonyl (C=O) groups is 2. The molecule has 14 heavy (non-hydrogen) atoms. The fourth-order valence-corrected chi connectivity index (χ4v) is 1.11. The quantitative estimate of drug-likeness (QED) is 0.539. The SMILES string of the molecule is CC=CCC(C(=O)OC)C(C)C(=O)O. The molecule has 0 heterocycles. The van der Waals surface area contributed by atoms with E-state index in [9.17, 15) is 9.59 Å². The van der Waals surface area contributed by atoms with Gasteiger partial charge in [0.2, 0.25) is 0 Å². The third-order valence-corrected chi connectivity index (χ3v) is 2.12. The zero-order valence-corrected chi connectivity index (χ0v) is 8.69. The maximum Gasteiger partial charge on any atom is 0.309 e. The van der Waals surface area contributed by atoms with Gasteiger partial charge < -0.3 is 9.84 Å². The molecule has 0 spiro atoms. The second-order valence-electron chi connectivity index (χ2n) is 3.06. The Morgan fingerprint density at radius 1 is 1.50 bits per heavy atom. The van der Waals surface area contributed by atoms with E-state index in [1.165, 1.54) is 14.0 Å². The Bertz CT molecular complexity index is 232. The average molecular weight is 200 g/mol. The third-order valence-electron chi connectivity index (χ3n) is 2.12. The zero-order valence-electron chi connectivity index (χ0n) is 8.69. The highest BCUT2D eigenvalue weighted by molar-refractivity contribution is 5.80. The van der Waals surface area contributed by atoms with Crippen LogP contribution in [0, 0.1) is 11.8 Å². The molecule has 2 unspecified atom stereocenters. The Kier molecular flexibility index (Phi) is 5.60. The van der Waals surface area contributed by atoms with E-state index in [2.05, 4.69) is 4.74 Å². The van der Waals surface area contributed by atoms with Crippen LogP contribution >= 0.6 is 0 Å². The fraction of sp³-hybridized carbons (Fsp3) is 0.600. The molecule has 80 valence electrons. The number of carboxylic acids is 1. The molecule has 2 atom stereocenters. The molecule has 4 heteroatoms. The molecule has 0 bridgehead atoms. The molecule has 4 nitrogen and oxygen atoms in total. The van der Waals surface area contributed by atoms with Crippen LogP contribution in [0.2, 0.25) is 0 Å². The van der Waals surface area contributed by atoms with Crippen LogP contribution in [-0.2, 0) is 14.3 Å². The van der Waals surface area contributed by atoms with E-state index in [-0.39, 0.29) is 0 Å². The van der Waals surface area contributed by atoms with Gasteiger partial charge >= 0.3 is 11.9 Å². The van der Waals surface area contributed by atoms with Gasteiger partial charge in [0, 0.05) is 0 Å². The highest BCUT2D eigenvalue weighted by Crippen LogP contribution is 2.18. The lowest BCUT2D eigenvalue weighted by molar-refractivity contribution is -0.154. The van der Waals surface area contributed by atoms with E-state index in [0.717, 1.165) is 0 Å². The lowest BCUT2D eigenvalue weighted by Gasteiger charge is -2.16. The first-order valence-corrected chi connectivity index (χ1v) is 4.46. The summed E-state index contributed by atoms with van der Waals surface area (Å²) in [6.45, 7) is 3.33. The maximum absolute atomic E-state index is 11.2. The predicted molar refractivity (Wildman–Crippen MR) is 51.7 cm³/mol. The molecule has 1 N–H and O–H groups in total. The minimum atomic E-state index is -0.982. The molecule has 0 aromatic carbocycles. The van der Waals surface area contributed by atoms with Crippen LogP contribution in [0.5, 0.6) is 0 Å². The highest BCUT2D eigenvalue weighted by Gasteiger charge is 2.29. The first-order valence-electron chi connectivity index (χ1n) is 4.46. The minimum Gasteiger partial charge on any atom is -0.481 e. The molecular weight excluding hydrogens is 184 g/mol. The van der Waals surface area contributed by atoms with Crippen LogP contribution in [0.4, 0.5) is 0 Å². The number of methoxy groups -OCH3 is 1. The van der Waals surface area contributed by atoms with Crippen LogP contribution in [0.15, 0.2) is 12.2 Å². The summed E-state index contributed by atoms with van der Waals surface area (Å²) < 4.78 is 4.54. The summed E-state index contributed by atoms with van der Waals surface area (Å²) in [6.07, 6.45) is 3.95. The fourth-order valence-electron chi connectivity index (χ4n) is 1.11. The summed E-state index contributed by atoms with van der Waals surface area (Å²) in [4.78, 5) is 21.9. The second kappa shape index (κ2) is 6.18. The molecule has 0 fully saturated rings. The Balaban J connectivity index is 4.53. The standard InChI is InChI=1S/C10H16O4/c1-4-5-6-8(10(13)14-3)7(2)9(11)12/h4-5,7-8H,6H2,1-3H3,(H,11,12). The maximum atomic E-state index is 11.2. The smallest absolute Gasteiger partial charge is 0.309 e. The number of rotatable bonds is 5. The molecule has 0 saturated carbocycles. The van der Waals surface area contributed by atoms with Crippen molar-refractivity contribution in [2.75, 3.05) is 7.11 Å². The molecule has 0 radical (unpaired) electrons. The Morgan fingerprint density at radius 3 is 2.43 bits per heavy atom. The molecule has 0 aliphatic heterocycles. The lowest BCUT2D eigenvalue weighted by Crippen LogP contribution is -2.28. The predicted octanol–water partition coefficient (Wildman–Crippen LogP) is 1.46. The molecular formula is C10H16O4. The van der Waals surface area contributed by atoms with Crippen LogP contribution in [0.3, 0.4) is 0 Å². The molecule has 0 saturated heterocycles. The summed E-state index contributed by atoms with van der Waals surface area (Å²) in [5.74, 6) is -2.78. The van der Waals surface area contributed by atoms with Crippen molar-refractivity contribution in [1.29, 1.82) is 0 Å². The van der Waals surface area contributed by atoms with Crippen LogP contribution in [0.1, 0.15) is 20.3 Å². The topological polar surface area (TPSA) is 63.6 Å². The molecule has 0 aliphatic rings. The number of esters is 1. The van der Waals surface area contributed by atoms with Crippen molar-refractivity contribution in [2.45, 2.75) is 20.3 Å². The number of carbonyl (C=O) groups excluding carboxylic acids is 1. The van der Waals surface area contributed by atoms with E-state index >= 15 is 0 Å². The van der Waals surface area contributed by atoms with Gasteiger partial charge in [0.1, 0.15) is 0 Å². The minimum absolute atomic E-state index is 0.399. The van der Waals surface area contributed by atoms with Gasteiger partial charge in [0.05, 0.1) is 18.9 Å². The van der Waals surface area contributed by atoms with Gasteiger partial charge in [0.25, 0.3) is 0 Å². The third kappa shape index (κ3) is 3.60. The van der Waals surface area contributed by atoms with Gasteiger partial charge in [-0.1, -0.05) is 19.1 Å². The highest BCUT2D eigenvalue weighted by atomic mass is 16.5. The van der Waals surface area contributed by atoms with Crippen molar-refractivity contribution in [2.24, 2.45) is 11.8 Å². The summed E-state index contributed by atoms with van der Waals surface area (Å²) in [7, 11) is 1.26. The van der Waals surface area contributed by atoms with E-state index in [0.29, 0.717) is 6.42 Å².